The number of amides is 2. The lowest BCUT2D eigenvalue weighted by Gasteiger charge is -2.12. The van der Waals surface area contributed by atoms with E-state index in [0.717, 1.165) is 22.0 Å². The van der Waals surface area contributed by atoms with Crippen LogP contribution in [0.15, 0.2) is 82.3 Å². The Morgan fingerprint density at radius 1 is 1.00 bits per heavy atom. The van der Waals surface area contributed by atoms with E-state index in [2.05, 4.69) is 10.3 Å². The zero-order chi connectivity index (χ0) is 21.1. The van der Waals surface area contributed by atoms with Gasteiger partial charge in [0, 0.05) is 30.1 Å². The van der Waals surface area contributed by atoms with Crippen molar-refractivity contribution in [3.05, 3.63) is 78.6 Å². The van der Waals surface area contributed by atoms with Gasteiger partial charge in [0.15, 0.2) is 5.76 Å². The average Bonchev–Trinajstić information content (AvgIpc) is 3.28. The van der Waals surface area contributed by atoms with Crippen LogP contribution in [0.25, 0.3) is 22.4 Å². The predicted octanol–water partition coefficient (Wildman–Crippen LogP) is 5.52. The average molecular weight is 417 g/mol. The van der Waals surface area contributed by atoms with Crippen LogP contribution in [-0.4, -0.2) is 35.1 Å². The molecular weight excluding hydrogens is 398 g/mol. The third kappa shape index (κ3) is 4.21. The number of benzene rings is 2. The summed E-state index contributed by atoms with van der Waals surface area (Å²) in [5.74, 6) is 0.331. The maximum atomic E-state index is 13.1. The van der Waals surface area contributed by atoms with Gasteiger partial charge >= 0.3 is 0 Å². The van der Waals surface area contributed by atoms with E-state index in [1.807, 2.05) is 30.3 Å². The fourth-order valence-corrected chi connectivity index (χ4v) is 3.66. The molecule has 0 unspecified atom stereocenters. The molecule has 0 saturated carbocycles. The number of carbonyl (C=O) groups excluding carboxylic acids is 2. The number of furan rings is 1. The van der Waals surface area contributed by atoms with Gasteiger partial charge < -0.3 is 14.6 Å². The van der Waals surface area contributed by atoms with Gasteiger partial charge in [0.2, 0.25) is 0 Å². The van der Waals surface area contributed by atoms with Crippen LogP contribution < -0.4 is 5.32 Å². The van der Waals surface area contributed by atoms with Crippen LogP contribution in [0.5, 0.6) is 0 Å². The highest BCUT2D eigenvalue weighted by Crippen LogP contribution is 2.27. The molecule has 0 aliphatic rings. The number of nitrogens with one attached hydrogen (secondary N) is 1. The van der Waals surface area contributed by atoms with E-state index >= 15 is 0 Å². The molecule has 6 nitrogen and oxygen atoms in total. The third-order valence-corrected chi connectivity index (χ3v) is 5.43. The maximum absolute atomic E-state index is 13.1. The minimum absolute atomic E-state index is 0.0818. The number of fused-ring (bicyclic) bond motifs is 1. The molecule has 2 heterocycles. The van der Waals surface area contributed by atoms with Crippen molar-refractivity contribution < 1.29 is 14.0 Å². The zero-order valence-corrected chi connectivity index (χ0v) is 17.3. The molecule has 0 spiro atoms. The monoisotopic (exact) mass is 417 g/mol. The van der Waals surface area contributed by atoms with Gasteiger partial charge in [0.25, 0.3) is 11.1 Å². The van der Waals surface area contributed by atoms with E-state index in [9.17, 15) is 9.59 Å². The molecule has 0 atom stereocenters. The van der Waals surface area contributed by atoms with Crippen molar-refractivity contribution in [3.8, 4) is 11.5 Å². The number of nitrogens with zero attached hydrogens (tertiary/aromatic N) is 2. The third-order valence-electron chi connectivity index (χ3n) is 4.40. The smallest absolute Gasteiger partial charge is 0.285 e. The fourth-order valence-electron chi connectivity index (χ4n) is 2.94. The summed E-state index contributed by atoms with van der Waals surface area (Å²) in [7, 11) is 3.40. The highest BCUT2D eigenvalue weighted by Gasteiger charge is 2.16. The van der Waals surface area contributed by atoms with E-state index in [4.69, 9.17) is 4.42 Å². The topological polar surface area (TPSA) is 75.4 Å². The van der Waals surface area contributed by atoms with Crippen LogP contribution in [0.1, 0.15) is 10.4 Å². The summed E-state index contributed by atoms with van der Waals surface area (Å²) in [6.45, 7) is 0. The van der Waals surface area contributed by atoms with Gasteiger partial charge in [-0.2, -0.15) is 0 Å². The molecule has 0 bridgehead atoms. The summed E-state index contributed by atoms with van der Waals surface area (Å²) in [6, 6.07) is 20.0. The van der Waals surface area contributed by atoms with E-state index in [1.54, 1.807) is 56.8 Å². The number of carbonyl (C=O) groups is 2. The van der Waals surface area contributed by atoms with Crippen LogP contribution in [-0.2, 0) is 0 Å². The van der Waals surface area contributed by atoms with Crippen LogP contribution in [0.4, 0.5) is 10.5 Å². The molecule has 150 valence electrons. The Morgan fingerprint density at radius 3 is 2.60 bits per heavy atom. The molecule has 2 aromatic heterocycles. The van der Waals surface area contributed by atoms with E-state index < -0.39 is 0 Å². The summed E-state index contributed by atoms with van der Waals surface area (Å²) in [5.41, 5.74) is 2.40. The standard InChI is InChI=1S/C23H19N3O3S/c1-26(2)23(28)30-16-8-5-7-15(13-16)24-22(27)18-14-20(21-11-6-12-29-21)25-19-10-4-3-9-17(18)19/h3-14H,1-2H3,(H,24,27). The second-order valence-electron chi connectivity index (χ2n) is 6.79. The molecule has 0 radical (unpaired) electrons. The molecule has 30 heavy (non-hydrogen) atoms. The molecule has 0 fully saturated rings. The summed E-state index contributed by atoms with van der Waals surface area (Å²) < 4.78 is 5.46. The Hall–Kier alpha value is -3.58. The summed E-state index contributed by atoms with van der Waals surface area (Å²) >= 11 is 1.11. The number of para-hydroxylation sites is 1. The summed E-state index contributed by atoms with van der Waals surface area (Å²) in [5, 5.41) is 3.60. The SMILES string of the molecule is CN(C)C(=O)Sc1cccc(NC(=O)c2cc(-c3ccco3)nc3ccccc23)c1. The maximum Gasteiger partial charge on any atom is 0.285 e. The number of thioether (sulfide) groups is 1. The first-order valence-corrected chi connectivity index (χ1v) is 10.1. The second-order valence-corrected chi connectivity index (χ2v) is 7.82. The number of hydrogen-bond acceptors (Lipinski definition) is 5. The van der Waals surface area contributed by atoms with Crippen molar-refractivity contribution in [2.75, 3.05) is 19.4 Å². The van der Waals surface area contributed by atoms with Crippen LogP contribution >= 0.6 is 11.8 Å². The molecule has 4 aromatic rings. The van der Waals surface area contributed by atoms with Gasteiger partial charge in [-0.05, 0) is 54.2 Å². The van der Waals surface area contributed by atoms with Gasteiger partial charge in [-0.25, -0.2) is 4.98 Å². The molecular formula is C23H19N3O3S. The Bertz CT molecular complexity index is 1220. The lowest BCUT2D eigenvalue weighted by molar-refractivity contribution is 0.102. The quantitative estimate of drug-likeness (QED) is 0.443. The normalized spacial score (nSPS) is 10.7. The Balaban J connectivity index is 1.66. The van der Waals surface area contributed by atoms with E-state index in [0.29, 0.717) is 28.2 Å². The van der Waals surface area contributed by atoms with Crippen molar-refractivity contribution in [2.45, 2.75) is 4.90 Å². The van der Waals surface area contributed by atoms with Gasteiger partial charge in [-0.3, -0.25) is 9.59 Å². The van der Waals surface area contributed by atoms with Gasteiger partial charge in [0.05, 0.1) is 17.3 Å². The molecule has 0 saturated heterocycles. The number of rotatable bonds is 4. The van der Waals surface area contributed by atoms with Crippen molar-refractivity contribution in [2.24, 2.45) is 0 Å². The first-order chi connectivity index (χ1) is 14.5. The lowest BCUT2D eigenvalue weighted by atomic mass is 10.1. The Morgan fingerprint density at radius 2 is 1.83 bits per heavy atom. The number of aromatic nitrogens is 1. The molecule has 2 amide bonds. The van der Waals surface area contributed by atoms with E-state index in [-0.39, 0.29) is 11.1 Å². The highest BCUT2D eigenvalue weighted by atomic mass is 32.2. The number of hydrogen-bond donors (Lipinski definition) is 1. The van der Waals surface area contributed by atoms with Crippen LogP contribution in [0, 0.1) is 0 Å². The minimum Gasteiger partial charge on any atom is -0.463 e. The lowest BCUT2D eigenvalue weighted by Crippen LogP contribution is -2.16. The molecule has 0 aliphatic carbocycles. The van der Waals surface area contributed by atoms with E-state index in [1.165, 1.54) is 4.90 Å². The van der Waals surface area contributed by atoms with Gasteiger partial charge in [-0.1, -0.05) is 24.3 Å². The van der Waals surface area contributed by atoms with Crippen LogP contribution in [0.3, 0.4) is 0 Å². The van der Waals surface area contributed by atoms with Gasteiger partial charge in [0.1, 0.15) is 5.69 Å². The number of pyridine rings is 1. The van der Waals surface area contributed by atoms with Gasteiger partial charge in [-0.15, -0.1) is 0 Å². The first kappa shape index (κ1) is 19.7. The van der Waals surface area contributed by atoms with Crippen molar-refractivity contribution in [1.29, 1.82) is 0 Å². The van der Waals surface area contributed by atoms with Crippen LogP contribution in [0.2, 0.25) is 0 Å². The second kappa shape index (κ2) is 8.42. The molecule has 0 aliphatic heterocycles. The summed E-state index contributed by atoms with van der Waals surface area (Å²) in [6.07, 6.45) is 1.57. The molecule has 2 aromatic carbocycles. The predicted molar refractivity (Wildman–Crippen MR) is 119 cm³/mol. The first-order valence-electron chi connectivity index (χ1n) is 9.25. The zero-order valence-electron chi connectivity index (χ0n) is 16.5. The number of anilines is 1. The molecule has 1 N–H and O–H groups in total. The largest absolute Gasteiger partial charge is 0.463 e. The Labute approximate surface area is 177 Å². The van der Waals surface area contributed by atoms with Crippen molar-refractivity contribution in [1.82, 2.24) is 9.88 Å². The van der Waals surface area contributed by atoms with Crippen molar-refractivity contribution in [3.63, 3.8) is 0 Å². The fraction of sp³-hybridized carbons (Fsp3) is 0.0870. The Kier molecular flexibility index (Phi) is 5.54. The highest BCUT2D eigenvalue weighted by molar-refractivity contribution is 8.13. The minimum atomic E-state index is -0.262. The summed E-state index contributed by atoms with van der Waals surface area (Å²) in [4.78, 5) is 32.0. The molecule has 7 heteroatoms. The van der Waals surface area contributed by atoms with Crippen molar-refractivity contribution >= 4 is 39.5 Å². The molecule has 4 rings (SSSR count).